The van der Waals surface area contributed by atoms with Gasteiger partial charge in [0.2, 0.25) is 0 Å². The van der Waals surface area contributed by atoms with Gasteiger partial charge < -0.3 is 25.5 Å². The van der Waals surface area contributed by atoms with E-state index in [1.54, 1.807) is 24.3 Å². The van der Waals surface area contributed by atoms with Crippen molar-refractivity contribution in [1.29, 1.82) is 0 Å². The lowest BCUT2D eigenvalue weighted by Gasteiger charge is -2.17. The molecule has 4 N–H and O–H groups in total. The smallest absolute Gasteiger partial charge is 0.261 e. The number of phenolic OH excluding ortho intramolecular Hbond substituents is 1. The summed E-state index contributed by atoms with van der Waals surface area (Å²) in [6, 6.07) is 12.1. The number of fused-ring (bicyclic) bond motifs is 3. The number of nitrogen functional groups attached to an aromatic ring is 1. The molecule has 0 amide bonds. The molecule has 2 heterocycles. The number of rotatable bonds is 8. The Morgan fingerprint density at radius 3 is 2.74 bits per heavy atom. The number of anilines is 1. The summed E-state index contributed by atoms with van der Waals surface area (Å²) in [4.78, 5) is 18.0. The van der Waals surface area contributed by atoms with Gasteiger partial charge in [-0.15, -0.1) is 0 Å². The first-order chi connectivity index (χ1) is 15.0. The van der Waals surface area contributed by atoms with Crippen LogP contribution in [-0.2, 0) is 0 Å². The second-order valence-electron chi connectivity index (χ2n) is 7.43. The molecule has 0 aliphatic heterocycles. The van der Waals surface area contributed by atoms with Gasteiger partial charge in [-0.1, -0.05) is 19.9 Å². The normalized spacial score (nSPS) is 11.6. The Morgan fingerprint density at radius 1 is 1.19 bits per heavy atom. The minimum atomic E-state index is -0.315. The first-order valence-electron chi connectivity index (χ1n) is 10.5. The predicted octanol–water partition coefficient (Wildman–Crippen LogP) is 3.27. The molecule has 0 atom stereocenters. The van der Waals surface area contributed by atoms with Crippen molar-refractivity contribution in [3.8, 4) is 17.2 Å². The summed E-state index contributed by atoms with van der Waals surface area (Å²) >= 11 is 0. The van der Waals surface area contributed by atoms with E-state index in [9.17, 15) is 9.90 Å². The molecule has 0 aliphatic carbocycles. The molecule has 8 heteroatoms. The fourth-order valence-electron chi connectivity index (χ4n) is 3.79. The van der Waals surface area contributed by atoms with Crippen LogP contribution in [0.3, 0.4) is 0 Å². The summed E-state index contributed by atoms with van der Waals surface area (Å²) < 4.78 is 7.36. The Bertz CT molecular complexity index is 1270. The number of aromatic nitrogens is 3. The van der Waals surface area contributed by atoms with Crippen molar-refractivity contribution in [2.45, 2.75) is 20.3 Å². The quantitative estimate of drug-likeness (QED) is 0.377. The lowest BCUT2D eigenvalue weighted by Crippen LogP contribution is -2.25. The van der Waals surface area contributed by atoms with Gasteiger partial charge in [0, 0.05) is 24.1 Å². The third kappa shape index (κ3) is 4.06. The van der Waals surface area contributed by atoms with Gasteiger partial charge >= 0.3 is 0 Å². The van der Waals surface area contributed by atoms with Crippen LogP contribution in [0.2, 0.25) is 0 Å². The highest BCUT2D eigenvalue weighted by Crippen LogP contribution is 2.29. The molecular weight excluding hydrogens is 394 g/mol. The van der Waals surface area contributed by atoms with Gasteiger partial charge in [0.15, 0.2) is 0 Å². The number of nitrogens with two attached hydrogens (primary N) is 1. The molecule has 0 fully saturated rings. The zero-order valence-electron chi connectivity index (χ0n) is 17.8. The summed E-state index contributed by atoms with van der Waals surface area (Å²) in [5.74, 6) is 1.01. The molecule has 0 spiro atoms. The Morgan fingerprint density at radius 2 is 2.00 bits per heavy atom. The number of aromatic hydroxyl groups is 1. The molecule has 4 aromatic rings. The van der Waals surface area contributed by atoms with E-state index in [4.69, 9.17) is 10.5 Å². The van der Waals surface area contributed by atoms with Crippen LogP contribution in [0.4, 0.5) is 5.82 Å². The standard InChI is InChI=1S/C23H27N5O3/c1-3-27(4-2)11-6-12-31-17-9-10-18-19(14-17)25-23(30)20-21(18)26-28(22(20)24)15-7-5-8-16(29)13-15/h5,7-10,13-14,29H,3-4,6,11-12,24H2,1-2H3,(H,25,30). The molecule has 0 bridgehead atoms. The number of benzene rings is 2. The van der Waals surface area contributed by atoms with Gasteiger partial charge in [-0.3, -0.25) is 4.79 Å². The molecule has 8 nitrogen and oxygen atoms in total. The van der Waals surface area contributed by atoms with Gasteiger partial charge in [-0.25, -0.2) is 4.68 Å². The van der Waals surface area contributed by atoms with Crippen molar-refractivity contribution in [2.24, 2.45) is 0 Å². The van der Waals surface area contributed by atoms with Crippen LogP contribution in [0.25, 0.3) is 27.5 Å². The fourth-order valence-corrected chi connectivity index (χ4v) is 3.79. The van der Waals surface area contributed by atoms with Gasteiger partial charge in [0.25, 0.3) is 5.56 Å². The molecule has 162 valence electrons. The van der Waals surface area contributed by atoms with Crippen LogP contribution in [0.5, 0.6) is 11.5 Å². The average molecular weight is 422 g/mol. The summed E-state index contributed by atoms with van der Waals surface area (Å²) in [6.45, 7) is 7.96. The maximum Gasteiger partial charge on any atom is 0.261 e. The Kier molecular flexibility index (Phi) is 5.81. The maximum absolute atomic E-state index is 12.8. The largest absolute Gasteiger partial charge is 0.508 e. The van der Waals surface area contributed by atoms with E-state index in [0.29, 0.717) is 34.5 Å². The van der Waals surface area contributed by atoms with E-state index in [2.05, 4.69) is 28.8 Å². The number of H-pyrrole nitrogens is 1. The molecule has 0 unspecified atom stereocenters. The third-order valence-electron chi connectivity index (χ3n) is 5.50. The number of hydrogen-bond acceptors (Lipinski definition) is 6. The van der Waals surface area contributed by atoms with Crippen molar-refractivity contribution in [2.75, 3.05) is 32.0 Å². The number of phenols is 1. The summed E-state index contributed by atoms with van der Waals surface area (Å²) in [5.41, 5.74) is 7.65. The molecule has 2 aromatic heterocycles. The number of nitrogens with zero attached hydrogens (tertiary/aromatic N) is 3. The van der Waals surface area contributed by atoms with Crippen LogP contribution in [-0.4, -0.2) is 51.0 Å². The van der Waals surface area contributed by atoms with E-state index in [0.717, 1.165) is 31.4 Å². The van der Waals surface area contributed by atoms with E-state index in [1.807, 2.05) is 18.2 Å². The minimum absolute atomic E-state index is 0.0954. The Labute approximate surface area is 179 Å². The number of hydrogen-bond donors (Lipinski definition) is 3. The lowest BCUT2D eigenvalue weighted by molar-refractivity contribution is 0.249. The van der Waals surface area contributed by atoms with Crippen molar-refractivity contribution in [3.05, 3.63) is 52.8 Å². The highest BCUT2D eigenvalue weighted by atomic mass is 16.5. The fraction of sp³-hybridized carbons (Fsp3) is 0.304. The van der Waals surface area contributed by atoms with Crippen molar-refractivity contribution in [1.82, 2.24) is 19.7 Å². The van der Waals surface area contributed by atoms with Crippen LogP contribution in [0, 0.1) is 0 Å². The molecule has 0 aliphatic rings. The van der Waals surface area contributed by atoms with E-state index < -0.39 is 0 Å². The monoisotopic (exact) mass is 421 g/mol. The number of nitrogens with one attached hydrogen (secondary N) is 1. The van der Waals surface area contributed by atoms with Crippen LogP contribution >= 0.6 is 0 Å². The van der Waals surface area contributed by atoms with E-state index >= 15 is 0 Å². The third-order valence-corrected chi connectivity index (χ3v) is 5.50. The zero-order chi connectivity index (χ0) is 22.0. The number of pyridine rings is 1. The first kappa shape index (κ1) is 20.7. The van der Waals surface area contributed by atoms with Crippen molar-refractivity contribution >= 4 is 27.6 Å². The van der Waals surface area contributed by atoms with E-state index in [1.165, 1.54) is 4.68 Å². The van der Waals surface area contributed by atoms with Crippen LogP contribution < -0.4 is 16.0 Å². The van der Waals surface area contributed by atoms with Gasteiger partial charge in [0.1, 0.15) is 28.2 Å². The zero-order valence-corrected chi connectivity index (χ0v) is 17.8. The van der Waals surface area contributed by atoms with Crippen molar-refractivity contribution in [3.63, 3.8) is 0 Å². The maximum atomic E-state index is 12.8. The molecular formula is C23H27N5O3. The SMILES string of the molecule is CCN(CC)CCCOc1ccc2c(c1)[nH]c(=O)c1c(N)n(-c3cccc(O)c3)nc12. The van der Waals surface area contributed by atoms with Gasteiger partial charge in [-0.05, 0) is 43.8 Å². The topological polar surface area (TPSA) is 109 Å². The minimum Gasteiger partial charge on any atom is -0.508 e. The Balaban J connectivity index is 1.65. The average Bonchev–Trinajstić information content (AvgIpc) is 3.12. The van der Waals surface area contributed by atoms with Crippen molar-refractivity contribution < 1.29 is 9.84 Å². The van der Waals surface area contributed by atoms with Gasteiger partial charge in [-0.2, -0.15) is 5.10 Å². The molecule has 4 rings (SSSR count). The molecule has 0 saturated carbocycles. The second kappa shape index (κ2) is 8.69. The van der Waals surface area contributed by atoms with E-state index in [-0.39, 0.29) is 17.1 Å². The van der Waals surface area contributed by atoms with Crippen LogP contribution in [0.15, 0.2) is 47.3 Å². The summed E-state index contributed by atoms with van der Waals surface area (Å²) in [6.07, 6.45) is 0.931. The lowest BCUT2D eigenvalue weighted by atomic mass is 10.1. The second-order valence-corrected chi connectivity index (χ2v) is 7.43. The summed E-state index contributed by atoms with van der Waals surface area (Å²) in [7, 11) is 0. The predicted molar refractivity (Wildman–Crippen MR) is 123 cm³/mol. The Hall–Kier alpha value is -3.52. The number of ether oxygens (including phenoxy) is 1. The van der Waals surface area contributed by atoms with Gasteiger partial charge in [0.05, 0.1) is 17.8 Å². The number of aromatic amines is 1. The van der Waals surface area contributed by atoms with Crippen LogP contribution in [0.1, 0.15) is 20.3 Å². The molecule has 31 heavy (non-hydrogen) atoms. The highest BCUT2D eigenvalue weighted by Gasteiger charge is 2.17. The molecule has 0 radical (unpaired) electrons. The molecule has 2 aromatic carbocycles. The first-order valence-corrected chi connectivity index (χ1v) is 10.5. The summed E-state index contributed by atoms with van der Waals surface area (Å²) in [5, 5.41) is 15.4. The highest BCUT2D eigenvalue weighted by molar-refractivity contribution is 6.07. The molecule has 0 saturated heterocycles.